The van der Waals surface area contributed by atoms with Crippen molar-refractivity contribution in [1.82, 2.24) is 0 Å². The average molecular weight is 270 g/mol. The van der Waals surface area contributed by atoms with Crippen LogP contribution in [0.2, 0.25) is 0 Å². The first-order valence-corrected chi connectivity index (χ1v) is 6.42. The van der Waals surface area contributed by atoms with E-state index in [1.165, 1.54) is 0 Å². The summed E-state index contributed by atoms with van der Waals surface area (Å²) in [7, 11) is 0. The third-order valence-electron chi connectivity index (χ3n) is 2.42. The van der Waals surface area contributed by atoms with Crippen molar-refractivity contribution in [1.29, 1.82) is 0 Å². The minimum atomic E-state index is -0.664. The molecule has 0 radical (unpaired) electrons. The van der Waals surface area contributed by atoms with E-state index in [1.54, 1.807) is 0 Å². The van der Waals surface area contributed by atoms with Gasteiger partial charge >= 0.3 is 0 Å². The van der Waals surface area contributed by atoms with E-state index in [4.69, 9.17) is 17.2 Å². The maximum atomic E-state index is 11.3. The van der Waals surface area contributed by atoms with E-state index in [-0.39, 0.29) is 16.1 Å². The molecule has 0 spiro atoms. The monoisotopic (exact) mass is 270 g/mol. The number of anilines is 2. The first-order chi connectivity index (χ1) is 8.34. The Bertz CT molecular complexity index is 468. The fourth-order valence-electron chi connectivity index (χ4n) is 1.47. The summed E-state index contributed by atoms with van der Waals surface area (Å²) in [6.07, 6.45) is 0.932. The summed E-state index contributed by atoms with van der Waals surface area (Å²) >= 11 is 1.06. The van der Waals surface area contributed by atoms with Crippen molar-refractivity contribution in [3.05, 3.63) is 10.4 Å². The number of thiophene rings is 1. The quantitative estimate of drug-likeness (QED) is 0.615. The van der Waals surface area contributed by atoms with Crippen LogP contribution in [0.5, 0.6) is 0 Å². The number of rotatable bonds is 6. The molecular weight excluding hydrogens is 252 g/mol. The van der Waals surface area contributed by atoms with E-state index in [1.807, 2.05) is 0 Å². The lowest BCUT2D eigenvalue weighted by Gasteiger charge is -2.07. The molecule has 0 bridgehead atoms. The second-order valence-corrected chi connectivity index (χ2v) is 5.41. The molecule has 0 saturated heterocycles. The SMILES string of the molecule is CC(C)CCNc1sc(C(N)=O)c(N)c1C(N)=O. The van der Waals surface area contributed by atoms with Crippen LogP contribution in [0.3, 0.4) is 0 Å². The van der Waals surface area contributed by atoms with Gasteiger partial charge in [-0.3, -0.25) is 9.59 Å². The summed E-state index contributed by atoms with van der Waals surface area (Å²) in [5.41, 5.74) is 16.4. The van der Waals surface area contributed by atoms with Gasteiger partial charge in [-0.2, -0.15) is 0 Å². The van der Waals surface area contributed by atoms with Crippen molar-refractivity contribution in [3.8, 4) is 0 Å². The number of nitrogens with two attached hydrogens (primary N) is 3. The van der Waals surface area contributed by atoms with E-state index >= 15 is 0 Å². The maximum absolute atomic E-state index is 11.3. The molecule has 0 fully saturated rings. The Morgan fingerprint density at radius 3 is 2.33 bits per heavy atom. The van der Waals surface area contributed by atoms with E-state index < -0.39 is 11.8 Å². The molecule has 100 valence electrons. The third kappa shape index (κ3) is 3.13. The van der Waals surface area contributed by atoms with E-state index in [0.717, 1.165) is 17.8 Å². The van der Waals surface area contributed by atoms with E-state index in [9.17, 15) is 9.59 Å². The Labute approximate surface area is 110 Å². The van der Waals surface area contributed by atoms with Crippen LogP contribution in [0.1, 0.15) is 40.3 Å². The van der Waals surface area contributed by atoms with Gasteiger partial charge in [0.25, 0.3) is 11.8 Å². The van der Waals surface area contributed by atoms with Crippen molar-refractivity contribution in [2.45, 2.75) is 20.3 Å². The molecule has 0 aliphatic carbocycles. The van der Waals surface area contributed by atoms with Gasteiger partial charge in [0, 0.05) is 6.54 Å². The van der Waals surface area contributed by atoms with Crippen LogP contribution in [0.4, 0.5) is 10.7 Å². The molecule has 0 aliphatic heterocycles. The van der Waals surface area contributed by atoms with Crippen molar-refractivity contribution in [3.63, 3.8) is 0 Å². The highest BCUT2D eigenvalue weighted by Crippen LogP contribution is 2.35. The molecule has 2 amide bonds. The number of nitrogen functional groups attached to an aromatic ring is 1. The minimum Gasteiger partial charge on any atom is -0.397 e. The number of hydrogen-bond acceptors (Lipinski definition) is 5. The molecule has 7 heteroatoms. The average Bonchev–Trinajstić information content (AvgIpc) is 2.55. The second kappa shape index (κ2) is 5.72. The van der Waals surface area contributed by atoms with E-state index in [2.05, 4.69) is 19.2 Å². The normalized spacial score (nSPS) is 10.6. The molecule has 7 N–H and O–H groups in total. The topological polar surface area (TPSA) is 124 Å². The molecule has 6 nitrogen and oxygen atoms in total. The van der Waals surface area contributed by atoms with Crippen LogP contribution < -0.4 is 22.5 Å². The van der Waals surface area contributed by atoms with Gasteiger partial charge in [0.15, 0.2) is 0 Å². The molecule has 1 rings (SSSR count). The fourth-order valence-corrected chi connectivity index (χ4v) is 2.47. The lowest BCUT2D eigenvalue weighted by molar-refractivity contribution is 0.0999. The Balaban J connectivity index is 2.99. The second-order valence-electron chi connectivity index (χ2n) is 4.39. The van der Waals surface area contributed by atoms with E-state index in [0.29, 0.717) is 17.5 Å². The highest BCUT2D eigenvalue weighted by molar-refractivity contribution is 7.19. The Morgan fingerprint density at radius 1 is 1.28 bits per heavy atom. The van der Waals surface area contributed by atoms with Crippen LogP contribution in [-0.4, -0.2) is 18.4 Å². The number of amides is 2. The summed E-state index contributed by atoms with van der Waals surface area (Å²) in [6.45, 7) is 4.86. The zero-order chi connectivity index (χ0) is 13.9. The van der Waals surface area contributed by atoms with Crippen LogP contribution in [0.15, 0.2) is 0 Å². The first-order valence-electron chi connectivity index (χ1n) is 5.60. The highest BCUT2D eigenvalue weighted by Gasteiger charge is 2.22. The predicted octanol–water partition coefficient (Wildman–Crippen LogP) is 0.986. The maximum Gasteiger partial charge on any atom is 0.260 e. The van der Waals surface area contributed by atoms with Crippen molar-refractivity contribution >= 4 is 33.8 Å². The molecule has 0 saturated carbocycles. The summed E-state index contributed by atoms with van der Waals surface area (Å²) in [5, 5.41) is 3.58. The van der Waals surface area contributed by atoms with Gasteiger partial charge in [0.1, 0.15) is 9.88 Å². The molecule has 0 aromatic carbocycles. The van der Waals surface area contributed by atoms with Gasteiger partial charge in [0.2, 0.25) is 0 Å². The zero-order valence-electron chi connectivity index (χ0n) is 10.4. The van der Waals surface area contributed by atoms with Gasteiger partial charge in [-0.15, -0.1) is 11.3 Å². The van der Waals surface area contributed by atoms with Gasteiger partial charge in [-0.1, -0.05) is 13.8 Å². The lowest BCUT2D eigenvalue weighted by atomic mass is 10.1. The van der Waals surface area contributed by atoms with Crippen LogP contribution in [0, 0.1) is 5.92 Å². The van der Waals surface area contributed by atoms with Crippen molar-refractivity contribution < 1.29 is 9.59 Å². The zero-order valence-corrected chi connectivity index (χ0v) is 11.3. The van der Waals surface area contributed by atoms with Gasteiger partial charge < -0.3 is 22.5 Å². The smallest absolute Gasteiger partial charge is 0.260 e. The van der Waals surface area contributed by atoms with Crippen LogP contribution >= 0.6 is 11.3 Å². The number of hydrogen-bond donors (Lipinski definition) is 4. The third-order valence-corrected chi connectivity index (χ3v) is 3.60. The number of primary amides is 2. The summed E-state index contributed by atoms with van der Waals surface area (Å²) < 4.78 is 0. The molecule has 1 heterocycles. The fraction of sp³-hybridized carbons (Fsp3) is 0.455. The van der Waals surface area contributed by atoms with Crippen molar-refractivity contribution in [2.75, 3.05) is 17.6 Å². The number of carbonyl (C=O) groups is 2. The molecule has 0 atom stereocenters. The van der Waals surface area contributed by atoms with Gasteiger partial charge in [0.05, 0.1) is 11.3 Å². The Kier molecular flexibility index (Phi) is 4.55. The van der Waals surface area contributed by atoms with Crippen molar-refractivity contribution in [2.24, 2.45) is 17.4 Å². The molecule has 0 aliphatic rings. The Morgan fingerprint density at radius 2 is 1.89 bits per heavy atom. The van der Waals surface area contributed by atoms with Crippen LogP contribution in [-0.2, 0) is 0 Å². The van der Waals surface area contributed by atoms with Gasteiger partial charge in [-0.05, 0) is 12.3 Å². The van der Waals surface area contributed by atoms with Gasteiger partial charge in [-0.25, -0.2) is 0 Å². The lowest BCUT2D eigenvalue weighted by Crippen LogP contribution is -2.16. The molecular formula is C11H18N4O2S. The standard InChI is InChI=1S/C11H18N4O2S/c1-5(2)3-4-15-11-6(9(13)16)7(12)8(18-11)10(14)17/h5,15H,3-4,12H2,1-2H3,(H2,13,16)(H2,14,17). The largest absolute Gasteiger partial charge is 0.397 e. The molecule has 18 heavy (non-hydrogen) atoms. The first kappa shape index (κ1) is 14.3. The molecule has 0 unspecified atom stereocenters. The summed E-state index contributed by atoms with van der Waals surface area (Å²) in [6, 6.07) is 0. The predicted molar refractivity (Wildman–Crippen MR) is 73.7 cm³/mol. The number of nitrogens with one attached hydrogen (secondary N) is 1. The van der Waals surface area contributed by atoms with Crippen LogP contribution in [0.25, 0.3) is 0 Å². The Hall–Kier alpha value is -1.76. The molecule has 1 aromatic heterocycles. The number of carbonyl (C=O) groups excluding carboxylic acids is 2. The highest BCUT2D eigenvalue weighted by atomic mass is 32.1. The minimum absolute atomic E-state index is 0.0621. The summed E-state index contributed by atoms with van der Waals surface area (Å²) in [4.78, 5) is 22.7. The summed E-state index contributed by atoms with van der Waals surface area (Å²) in [5.74, 6) is -0.789. The molecule has 1 aromatic rings.